The molecule has 3 nitrogen and oxygen atoms in total. The van der Waals surface area contributed by atoms with Crippen LogP contribution in [0.2, 0.25) is 0 Å². The number of nitrogens with one attached hydrogen (secondary N) is 2. The molecule has 0 aliphatic carbocycles. The van der Waals surface area contributed by atoms with Gasteiger partial charge in [0.25, 0.3) is 0 Å². The molecular formula is C13H22N2OS. The molecule has 1 aromatic heterocycles. The topological polar surface area (TPSA) is 41.1 Å². The van der Waals surface area contributed by atoms with Gasteiger partial charge in [-0.15, -0.1) is 11.3 Å². The molecule has 4 heteroatoms. The fraction of sp³-hybridized carbons (Fsp3) is 0.615. The summed E-state index contributed by atoms with van der Waals surface area (Å²) in [5, 5.41) is 6.19. The van der Waals surface area contributed by atoms with Crippen molar-refractivity contribution in [1.82, 2.24) is 10.6 Å². The van der Waals surface area contributed by atoms with Gasteiger partial charge >= 0.3 is 0 Å². The van der Waals surface area contributed by atoms with E-state index in [1.807, 2.05) is 13.8 Å². The monoisotopic (exact) mass is 254 g/mol. The van der Waals surface area contributed by atoms with Gasteiger partial charge < -0.3 is 10.6 Å². The predicted octanol–water partition coefficient (Wildman–Crippen LogP) is 2.54. The molecular weight excluding hydrogens is 232 g/mol. The molecule has 2 N–H and O–H groups in total. The number of amides is 1. The first kappa shape index (κ1) is 14.2. The van der Waals surface area contributed by atoms with Crippen LogP contribution >= 0.6 is 11.3 Å². The number of hydrogen-bond donors (Lipinski definition) is 2. The molecule has 1 amide bonds. The zero-order valence-electron chi connectivity index (χ0n) is 11.1. The Labute approximate surface area is 108 Å². The van der Waals surface area contributed by atoms with Crippen LogP contribution in [0, 0.1) is 13.8 Å². The number of carbonyl (C=O) groups excluding carboxylic acids is 1. The smallest absolute Gasteiger partial charge is 0.221 e. The molecule has 0 aliphatic heterocycles. The van der Waals surface area contributed by atoms with E-state index in [-0.39, 0.29) is 11.9 Å². The first-order chi connectivity index (χ1) is 8.04. The molecule has 0 aromatic carbocycles. The van der Waals surface area contributed by atoms with Gasteiger partial charge in [-0.1, -0.05) is 6.92 Å². The van der Waals surface area contributed by atoms with Crippen molar-refractivity contribution in [2.45, 2.75) is 40.2 Å². The minimum Gasteiger partial charge on any atom is -0.350 e. The lowest BCUT2D eigenvalue weighted by Crippen LogP contribution is -2.29. The van der Waals surface area contributed by atoms with E-state index >= 15 is 0 Å². The molecule has 0 saturated heterocycles. The standard InChI is InChI=1S/C13H22N2OS/c1-5-14-7-6-13(16)15-10(3)12-8-9(2)17-11(12)4/h8,10,14H,5-7H2,1-4H3,(H,15,16). The van der Waals surface area contributed by atoms with Gasteiger partial charge in [-0.3, -0.25) is 4.79 Å². The van der Waals surface area contributed by atoms with Crippen LogP contribution < -0.4 is 10.6 Å². The van der Waals surface area contributed by atoms with Gasteiger partial charge in [0.1, 0.15) is 0 Å². The average Bonchev–Trinajstić information content (AvgIpc) is 2.58. The number of thiophene rings is 1. The van der Waals surface area contributed by atoms with Gasteiger partial charge in [-0.25, -0.2) is 0 Å². The summed E-state index contributed by atoms with van der Waals surface area (Å²) in [6, 6.07) is 2.27. The highest BCUT2D eigenvalue weighted by Crippen LogP contribution is 2.25. The summed E-state index contributed by atoms with van der Waals surface area (Å²) >= 11 is 1.78. The van der Waals surface area contributed by atoms with Crippen LogP contribution in [0.3, 0.4) is 0 Å². The van der Waals surface area contributed by atoms with E-state index in [2.05, 4.69) is 30.5 Å². The van der Waals surface area contributed by atoms with E-state index in [9.17, 15) is 4.79 Å². The number of rotatable bonds is 6. The highest BCUT2D eigenvalue weighted by molar-refractivity contribution is 7.12. The maximum Gasteiger partial charge on any atom is 0.221 e. The molecule has 1 unspecified atom stereocenters. The van der Waals surface area contributed by atoms with Crippen LogP contribution in [0.5, 0.6) is 0 Å². The molecule has 0 saturated carbocycles. The fourth-order valence-electron chi connectivity index (χ4n) is 1.85. The minimum absolute atomic E-state index is 0.106. The SMILES string of the molecule is CCNCCC(=O)NC(C)c1cc(C)sc1C. The summed E-state index contributed by atoms with van der Waals surface area (Å²) in [5.74, 6) is 0.113. The molecule has 0 aliphatic rings. The Morgan fingerprint density at radius 1 is 1.47 bits per heavy atom. The Kier molecular flexibility index (Phi) is 5.65. The minimum atomic E-state index is 0.106. The van der Waals surface area contributed by atoms with Crippen molar-refractivity contribution >= 4 is 17.2 Å². The third-order valence-corrected chi connectivity index (χ3v) is 3.68. The zero-order chi connectivity index (χ0) is 12.8. The van der Waals surface area contributed by atoms with Gasteiger partial charge in [0.15, 0.2) is 0 Å². The maximum absolute atomic E-state index is 11.7. The van der Waals surface area contributed by atoms with Crippen LogP contribution in [-0.4, -0.2) is 19.0 Å². The fourth-order valence-corrected chi connectivity index (χ4v) is 2.87. The molecule has 0 radical (unpaired) electrons. The van der Waals surface area contributed by atoms with Gasteiger partial charge in [-0.2, -0.15) is 0 Å². The van der Waals surface area contributed by atoms with Crippen LogP contribution in [0.1, 0.15) is 41.6 Å². The third-order valence-electron chi connectivity index (χ3n) is 2.70. The molecule has 0 bridgehead atoms. The molecule has 1 rings (SSSR count). The molecule has 96 valence electrons. The number of aryl methyl sites for hydroxylation is 2. The predicted molar refractivity (Wildman–Crippen MR) is 73.5 cm³/mol. The van der Waals surface area contributed by atoms with E-state index in [4.69, 9.17) is 0 Å². The first-order valence-corrected chi connectivity index (χ1v) is 6.93. The van der Waals surface area contributed by atoms with Crippen molar-refractivity contribution in [3.05, 3.63) is 21.4 Å². The van der Waals surface area contributed by atoms with Crippen LogP contribution in [-0.2, 0) is 4.79 Å². The van der Waals surface area contributed by atoms with E-state index in [0.717, 1.165) is 13.1 Å². The molecule has 1 heterocycles. The Hall–Kier alpha value is -0.870. The van der Waals surface area contributed by atoms with Crippen molar-refractivity contribution in [3.8, 4) is 0 Å². The van der Waals surface area contributed by atoms with E-state index in [0.29, 0.717) is 6.42 Å². The first-order valence-electron chi connectivity index (χ1n) is 6.11. The van der Waals surface area contributed by atoms with E-state index in [1.54, 1.807) is 11.3 Å². The molecule has 17 heavy (non-hydrogen) atoms. The molecule has 0 fully saturated rings. The lowest BCUT2D eigenvalue weighted by Gasteiger charge is -2.14. The molecule has 1 atom stereocenters. The van der Waals surface area contributed by atoms with Crippen LogP contribution in [0.25, 0.3) is 0 Å². The summed E-state index contributed by atoms with van der Waals surface area (Å²) in [7, 11) is 0. The summed E-state index contributed by atoms with van der Waals surface area (Å²) in [6.07, 6.45) is 0.542. The Morgan fingerprint density at radius 3 is 2.71 bits per heavy atom. The summed E-state index contributed by atoms with van der Waals surface area (Å²) < 4.78 is 0. The number of hydrogen-bond acceptors (Lipinski definition) is 3. The highest BCUT2D eigenvalue weighted by Gasteiger charge is 2.13. The second-order valence-corrected chi connectivity index (χ2v) is 5.72. The van der Waals surface area contributed by atoms with Crippen molar-refractivity contribution < 1.29 is 4.79 Å². The molecule has 0 spiro atoms. The Balaban J connectivity index is 2.46. The van der Waals surface area contributed by atoms with Gasteiger partial charge in [-0.05, 0) is 38.9 Å². The van der Waals surface area contributed by atoms with Gasteiger partial charge in [0, 0.05) is 22.7 Å². The van der Waals surface area contributed by atoms with Gasteiger partial charge in [0.05, 0.1) is 6.04 Å². The summed E-state index contributed by atoms with van der Waals surface area (Å²) in [4.78, 5) is 14.3. The summed E-state index contributed by atoms with van der Waals surface area (Å²) in [5.41, 5.74) is 1.24. The zero-order valence-corrected chi connectivity index (χ0v) is 11.9. The second-order valence-electron chi connectivity index (χ2n) is 4.26. The lowest BCUT2D eigenvalue weighted by molar-refractivity contribution is -0.121. The van der Waals surface area contributed by atoms with Gasteiger partial charge in [0.2, 0.25) is 5.91 Å². The summed E-state index contributed by atoms with van der Waals surface area (Å²) in [6.45, 7) is 9.94. The lowest BCUT2D eigenvalue weighted by atomic mass is 10.1. The third kappa shape index (κ3) is 4.48. The van der Waals surface area contributed by atoms with Crippen molar-refractivity contribution in [3.63, 3.8) is 0 Å². The Morgan fingerprint density at radius 2 is 2.18 bits per heavy atom. The quantitative estimate of drug-likeness (QED) is 0.766. The maximum atomic E-state index is 11.7. The normalized spacial score (nSPS) is 12.5. The van der Waals surface area contributed by atoms with Crippen LogP contribution in [0.4, 0.5) is 0 Å². The number of carbonyl (C=O) groups is 1. The van der Waals surface area contributed by atoms with Crippen molar-refractivity contribution in [2.24, 2.45) is 0 Å². The van der Waals surface area contributed by atoms with Crippen molar-refractivity contribution in [2.75, 3.05) is 13.1 Å². The largest absolute Gasteiger partial charge is 0.350 e. The van der Waals surface area contributed by atoms with E-state index in [1.165, 1.54) is 15.3 Å². The average molecular weight is 254 g/mol. The van der Waals surface area contributed by atoms with Crippen LogP contribution in [0.15, 0.2) is 6.07 Å². The second kappa shape index (κ2) is 6.77. The molecule has 1 aromatic rings. The Bertz CT molecular complexity index is 373. The van der Waals surface area contributed by atoms with E-state index < -0.39 is 0 Å². The van der Waals surface area contributed by atoms with Crippen molar-refractivity contribution in [1.29, 1.82) is 0 Å². The highest BCUT2D eigenvalue weighted by atomic mass is 32.1.